The van der Waals surface area contributed by atoms with Gasteiger partial charge in [0, 0.05) is 25.3 Å². The number of aromatic nitrogens is 3. The van der Waals surface area contributed by atoms with Crippen LogP contribution in [0.5, 0.6) is 0 Å². The lowest BCUT2D eigenvalue weighted by Gasteiger charge is -2.13. The van der Waals surface area contributed by atoms with Gasteiger partial charge < -0.3 is 14.2 Å². The average molecular weight is 477 g/mol. The van der Waals surface area contributed by atoms with Crippen LogP contribution in [-0.4, -0.2) is 25.8 Å². The fourth-order valence-electron chi connectivity index (χ4n) is 4.92. The van der Waals surface area contributed by atoms with Crippen LogP contribution in [-0.2, 0) is 19.5 Å². The molecule has 5 aromatic rings. The van der Waals surface area contributed by atoms with Crippen LogP contribution >= 0.6 is 0 Å². The number of aliphatic hydroxyl groups excluding tert-OH is 1. The van der Waals surface area contributed by atoms with Gasteiger partial charge in [-0.15, -0.1) is 0 Å². The lowest BCUT2D eigenvalue weighted by atomic mass is 9.99. The molecule has 0 aliphatic heterocycles. The van der Waals surface area contributed by atoms with E-state index in [9.17, 15) is 5.41 Å². The number of nitrogens with one attached hydrogen (secondary N) is 1. The third kappa shape index (κ3) is 4.88. The summed E-state index contributed by atoms with van der Waals surface area (Å²) in [7, 11) is 0. The lowest BCUT2D eigenvalue weighted by molar-refractivity contribution is 0.281. The summed E-state index contributed by atoms with van der Waals surface area (Å²) in [6, 6.07) is 31.4. The highest BCUT2D eigenvalue weighted by molar-refractivity contribution is 6.02. The van der Waals surface area contributed by atoms with Crippen LogP contribution in [0.4, 0.5) is 0 Å². The third-order valence-electron chi connectivity index (χ3n) is 6.71. The van der Waals surface area contributed by atoms with Gasteiger partial charge in [0.15, 0.2) is 0 Å². The summed E-state index contributed by atoms with van der Waals surface area (Å²) in [4.78, 5) is 4.94. The summed E-state index contributed by atoms with van der Waals surface area (Å²) >= 11 is 0. The van der Waals surface area contributed by atoms with Crippen molar-refractivity contribution in [3.8, 4) is 22.4 Å². The Morgan fingerprint density at radius 1 is 0.722 bits per heavy atom. The second kappa shape index (κ2) is 11.2. The molecule has 182 valence electrons. The molecule has 36 heavy (non-hydrogen) atoms. The zero-order chi connectivity index (χ0) is 24.7. The highest BCUT2D eigenvalue weighted by Crippen LogP contribution is 2.39. The molecule has 5 nitrogen and oxygen atoms in total. The van der Waals surface area contributed by atoms with E-state index in [-0.39, 0.29) is 6.61 Å². The highest BCUT2D eigenvalue weighted by Gasteiger charge is 2.23. The predicted octanol–water partition coefficient (Wildman–Crippen LogP) is 6.06. The summed E-state index contributed by atoms with van der Waals surface area (Å²) in [6.07, 6.45) is 5.31. The molecule has 0 saturated carbocycles. The van der Waals surface area contributed by atoms with Crippen LogP contribution in [0.2, 0.25) is 0 Å². The van der Waals surface area contributed by atoms with Gasteiger partial charge >= 0.3 is 0 Å². The predicted molar refractivity (Wildman–Crippen MR) is 146 cm³/mol. The maximum Gasteiger partial charge on any atom is 0.146 e. The number of benzene rings is 3. The minimum absolute atomic E-state index is 0.207. The molecule has 2 aromatic heterocycles. The van der Waals surface area contributed by atoms with Gasteiger partial charge in [-0.05, 0) is 42.4 Å². The van der Waals surface area contributed by atoms with E-state index in [1.165, 1.54) is 5.56 Å². The molecule has 0 aliphatic carbocycles. The molecule has 0 saturated heterocycles. The molecule has 5 rings (SSSR count). The van der Waals surface area contributed by atoms with Gasteiger partial charge in [-0.25, -0.2) is 4.98 Å². The van der Waals surface area contributed by atoms with E-state index in [1.54, 1.807) is 0 Å². The number of aryl methyl sites for hydroxylation is 3. The number of hydrogen-bond donors (Lipinski definition) is 2. The monoisotopic (exact) mass is 476 g/mol. The summed E-state index contributed by atoms with van der Waals surface area (Å²) in [6.45, 7) is 1.69. The quantitative estimate of drug-likeness (QED) is 0.241. The molecule has 2 N–H and O–H groups in total. The summed E-state index contributed by atoms with van der Waals surface area (Å²) < 4.78 is 4.25. The number of fused-ring (bicyclic) bond motifs is 1. The first-order valence-corrected chi connectivity index (χ1v) is 12.7. The molecule has 5 heteroatoms. The van der Waals surface area contributed by atoms with E-state index in [0.29, 0.717) is 12.0 Å². The van der Waals surface area contributed by atoms with Gasteiger partial charge in [-0.3, -0.25) is 5.41 Å². The van der Waals surface area contributed by atoms with E-state index < -0.39 is 0 Å². The molecule has 0 atom stereocenters. The van der Waals surface area contributed by atoms with Crippen molar-refractivity contribution in [2.24, 2.45) is 0 Å². The Kier molecular flexibility index (Phi) is 7.39. The smallest absolute Gasteiger partial charge is 0.146 e. The van der Waals surface area contributed by atoms with Gasteiger partial charge in [0.1, 0.15) is 11.1 Å². The Morgan fingerprint density at radius 3 is 2.03 bits per heavy atom. The Morgan fingerprint density at radius 2 is 1.36 bits per heavy atom. The number of aliphatic hydroxyl groups is 1. The van der Waals surface area contributed by atoms with Crippen LogP contribution in [0.25, 0.3) is 33.4 Å². The van der Waals surface area contributed by atoms with Crippen LogP contribution in [0.1, 0.15) is 24.8 Å². The van der Waals surface area contributed by atoms with Gasteiger partial charge in [0.05, 0.1) is 17.4 Å². The van der Waals surface area contributed by atoms with Crippen molar-refractivity contribution in [3.05, 3.63) is 108 Å². The lowest BCUT2D eigenvalue weighted by Crippen LogP contribution is -2.21. The van der Waals surface area contributed by atoms with Crippen LogP contribution < -0.4 is 5.49 Å². The van der Waals surface area contributed by atoms with E-state index in [1.807, 2.05) is 29.1 Å². The summed E-state index contributed by atoms with van der Waals surface area (Å²) in [5, 5.41) is 19.3. The second-order valence-corrected chi connectivity index (χ2v) is 9.11. The molecule has 3 aromatic carbocycles. The number of unbranched alkanes of at least 4 members (excludes halogenated alkanes) is 2. The van der Waals surface area contributed by atoms with Crippen molar-refractivity contribution in [2.45, 2.75) is 38.8 Å². The van der Waals surface area contributed by atoms with Crippen LogP contribution in [0.3, 0.4) is 0 Å². The van der Waals surface area contributed by atoms with E-state index in [2.05, 4.69) is 77.4 Å². The van der Waals surface area contributed by atoms with E-state index in [4.69, 9.17) is 10.1 Å². The van der Waals surface area contributed by atoms with Crippen molar-refractivity contribution in [1.29, 1.82) is 5.41 Å². The van der Waals surface area contributed by atoms with Crippen LogP contribution in [0.15, 0.2) is 97.3 Å². The minimum atomic E-state index is 0.207. The minimum Gasteiger partial charge on any atom is -0.396 e. The zero-order valence-electron chi connectivity index (χ0n) is 20.5. The van der Waals surface area contributed by atoms with Crippen molar-refractivity contribution >= 4 is 11.0 Å². The normalized spacial score (nSPS) is 11.2. The fourth-order valence-corrected chi connectivity index (χ4v) is 4.92. The molecule has 2 heterocycles. The highest BCUT2D eigenvalue weighted by atomic mass is 16.2. The number of hydrogen-bond acceptors (Lipinski definition) is 3. The van der Waals surface area contributed by atoms with Crippen LogP contribution in [0, 0.1) is 5.41 Å². The van der Waals surface area contributed by atoms with Gasteiger partial charge in [-0.1, -0.05) is 91.0 Å². The molecule has 0 fully saturated rings. The fraction of sp³-hybridized carbons (Fsp3) is 0.226. The Hall–Kier alpha value is -3.96. The Labute approximate surface area is 211 Å². The maximum absolute atomic E-state index is 9.24. The van der Waals surface area contributed by atoms with Crippen molar-refractivity contribution in [3.63, 3.8) is 0 Å². The van der Waals surface area contributed by atoms with Gasteiger partial charge in [-0.2, -0.15) is 0 Å². The Balaban J connectivity index is 1.72. The first kappa shape index (κ1) is 23.8. The summed E-state index contributed by atoms with van der Waals surface area (Å²) in [5.41, 5.74) is 6.99. The van der Waals surface area contributed by atoms with Gasteiger partial charge in [0.2, 0.25) is 0 Å². The van der Waals surface area contributed by atoms with Gasteiger partial charge in [0.25, 0.3) is 0 Å². The third-order valence-corrected chi connectivity index (χ3v) is 6.71. The first-order valence-electron chi connectivity index (χ1n) is 12.7. The molecule has 0 amide bonds. The topological polar surface area (TPSA) is 66.8 Å². The molecule has 0 bridgehead atoms. The number of rotatable bonds is 10. The van der Waals surface area contributed by atoms with Crippen molar-refractivity contribution in [2.75, 3.05) is 6.61 Å². The SMILES string of the molecule is N=c1c2c(-c3ccccc3)c(-c3ccccc3)n(CCc3ccccc3)c2ncn1CCCCCO. The molecule has 0 aliphatic rings. The molecular formula is C31H32N4O. The molecular weight excluding hydrogens is 444 g/mol. The number of nitrogens with zero attached hydrogens (tertiary/aromatic N) is 3. The van der Waals surface area contributed by atoms with Crippen molar-refractivity contribution < 1.29 is 5.11 Å². The van der Waals surface area contributed by atoms with E-state index >= 15 is 0 Å². The second-order valence-electron chi connectivity index (χ2n) is 9.11. The zero-order valence-corrected chi connectivity index (χ0v) is 20.5. The average Bonchev–Trinajstić information content (AvgIpc) is 3.27. The van der Waals surface area contributed by atoms with E-state index in [0.717, 1.165) is 65.6 Å². The molecule has 0 spiro atoms. The summed E-state index contributed by atoms with van der Waals surface area (Å²) in [5.74, 6) is 0. The van der Waals surface area contributed by atoms with Crippen molar-refractivity contribution in [1.82, 2.24) is 14.1 Å². The Bertz CT molecular complexity index is 1470. The largest absolute Gasteiger partial charge is 0.396 e. The molecule has 0 unspecified atom stereocenters. The molecule has 0 radical (unpaired) electrons. The maximum atomic E-state index is 9.24. The first-order chi connectivity index (χ1) is 17.8. The standard InChI is InChI=1S/C31H32N4O/c32-30-28-27(25-15-7-2-8-16-25)29(26-17-9-3-10-18-26)35(21-19-24-13-5-1-6-14-24)31(28)33-23-34(30)20-11-4-12-22-36/h1-3,5-10,13-18,23,32,36H,4,11-12,19-22H2.